The van der Waals surface area contributed by atoms with Crippen molar-refractivity contribution in [1.82, 2.24) is 4.98 Å². The Hall–Kier alpha value is -1.87. The van der Waals surface area contributed by atoms with Crippen LogP contribution in [-0.2, 0) is 6.61 Å². The van der Waals surface area contributed by atoms with Gasteiger partial charge in [0.05, 0.1) is 6.61 Å². The van der Waals surface area contributed by atoms with Crippen molar-refractivity contribution in [3.63, 3.8) is 0 Å². The molecular weight excluding hydrogens is 238 g/mol. The van der Waals surface area contributed by atoms with E-state index >= 15 is 0 Å². The second-order valence-corrected chi connectivity index (χ2v) is 4.85. The maximum absolute atomic E-state index is 9.36. The molecule has 0 bridgehead atoms. The summed E-state index contributed by atoms with van der Waals surface area (Å²) in [5.41, 5.74) is 4.97. The van der Waals surface area contributed by atoms with Gasteiger partial charge in [-0.3, -0.25) is 4.98 Å². The van der Waals surface area contributed by atoms with Crippen LogP contribution in [0.1, 0.15) is 27.9 Å². The summed E-state index contributed by atoms with van der Waals surface area (Å²) < 4.78 is 6.02. The summed E-state index contributed by atoms with van der Waals surface area (Å²) in [6, 6.07) is 5.99. The van der Waals surface area contributed by atoms with Gasteiger partial charge >= 0.3 is 0 Å². The second-order valence-electron chi connectivity index (χ2n) is 4.85. The summed E-state index contributed by atoms with van der Waals surface area (Å²) in [7, 11) is 0. The third-order valence-electron chi connectivity index (χ3n) is 3.34. The molecule has 1 heterocycles. The Kier molecular flexibility index (Phi) is 3.86. The van der Waals surface area contributed by atoms with Crippen molar-refractivity contribution >= 4 is 0 Å². The van der Waals surface area contributed by atoms with E-state index in [4.69, 9.17) is 4.74 Å². The molecule has 0 aliphatic carbocycles. The molecule has 0 aliphatic heterocycles. The van der Waals surface area contributed by atoms with E-state index < -0.39 is 0 Å². The zero-order chi connectivity index (χ0) is 14.0. The first-order chi connectivity index (χ1) is 9.02. The smallest absolute Gasteiger partial charge is 0.136 e. The molecule has 0 spiro atoms. The average Bonchev–Trinajstić information content (AvgIpc) is 2.39. The molecule has 100 valence electrons. The molecule has 0 fully saturated rings. The van der Waals surface area contributed by atoms with Crippen LogP contribution in [0.4, 0.5) is 0 Å². The molecule has 2 rings (SSSR count). The highest BCUT2D eigenvalue weighted by Crippen LogP contribution is 2.32. The zero-order valence-electron chi connectivity index (χ0n) is 11.8. The molecule has 19 heavy (non-hydrogen) atoms. The number of benzene rings is 1. The number of hydrogen-bond acceptors (Lipinski definition) is 3. The number of nitrogens with zero attached hydrogens (tertiary/aromatic N) is 1. The molecule has 0 saturated carbocycles. The first-order valence-corrected chi connectivity index (χ1v) is 6.34. The highest BCUT2D eigenvalue weighted by molar-refractivity contribution is 5.48. The van der Waals surface area contributed by atoms with E-state index in [0.717, 1.165) is 22.6 Å². The van der Waals surface area contributed by atoms with E-state index in [1.54, 1.807) is 6.20 Å². The maximum Gasteiger partial charge on any atom is 0.136 e. The number of aliphatic hydroxyl groups is 1. The van der Waals surface area contributed by atoms with Crippen LogP contribution >= 0.6 is 0 Å². The predicted molar refractivity (Wildman–Crippen MR) is 75.6 cm³/mol. The van der Waals surface area contributed by atoms with Gasteiger partial charge in [-0.25, -0.2) is 0 Å². The quantitative estimate of drug-likeness (QED) is 0.913. The normalized spacial score (nSPS) is 10.6. The van der Waals surface area contributed by atoms with E-state index in [0.29, 0.717) is 11.3 Å². The average molecular weight is 257 g/mol. The van der Waals surface area contributed by atoms with Crippen molar-refractivity contribution in [1.29, 1.82) is 0 Å². The summed E-state index contributed by atoms with van der Waals surface area (Å²) in [6.07, 6.45) is 1.66. The van der Waals surface area contributed by atoms with Crippen molar-refractivity contribution in [2.45, 2.75) is 34.3 Å². The van der Waals surface area contributed by atoms with Gasteiger partial charge < -0.3 is 9.84 Å². The van der Waals surface area contributed by atoms with Crippen molar-refractivity contribution in [3.8, 4) is 11.5 Å². The number of aliphatic hydroxyl groups excluding tert-OH is 1. The molecule has 1 N–H and O–H groups in total. The molecule has 0 atom stereocenters. The summed E-state index contributed by atoms with van der Waals surface area (Å²) in [5, 5.41) is 9.36. The number of aryl methyl sites for hydroxylation is 3. The Labute approximate surface area is 113 Å². The first kappa shape index (κ1) is 13.6. The van der Waals surface area contributed by atoms with Crippen LogP contribution in [0.25, 0.3) is 0 Å². The van der Waals surface area contributed by atoms with Crippen LogP contribution in [0.3, 0.4) is 0 Å². The van der Waals surface area contributed by atoms with Gasteiger partial charge in [-0.05, 0) is 44.4 Å². The fraction of sp³-hybridized carbons (Fsp3) is 0.312. The molecule has 3 heteroatoms. The van der Waals surface area contributed by atoms with Crippen LogP contribution in [0, 0.1) is 27.7 Å². The Morgan fingerprint density at radius 1 is 1.11 bits per heavy atom. The van der Waals surface area contributed by atoms with Crippen LogP contribution in [0.2, 0.25) is 0 Å². The van der Waals surface area contributed by atoms with Crippen LogP contribution < -0.4 is 4.74 Å². The summed E-state index contributed by atoms with van der Waals surface area (Å²) >= 11 is 0. The molecule has 0 aliphatic rings. The molecule has 0 saturated heterocycles. The highest BCUT2D eigenvalue weighted by Gasteiger charge is 2.11. The standard InChI is InChI=1S/C16H19NO2/c1-10-5-6-11(2)16(13(10)4)19-15-7-12(3)17-8-14(15)9-18/h5-8,18H,9H2,1-4H3. The second kappa shape index (κ2) is 5.41. The van der Waals surface area contributed by atoms with Gasteiger partial charge in [0.25, 0.3) is 0 Å². The third-order valence-corrected chi connectivity index (χ3v) is 3.34. The lowest BCUT2D eigenvalue weighted by atomic mass is 10.1. The Morgan fingerprint density at radius 3 is 2.47 bits per heavy atom. The van der Waals surface area contributed by atoms with Crippen LogP contribution in [-0.4, -0.2) is 10.1 Å². The lowest BCUT2D eigenvalue weighted by Gasteiger charge is -2.15. The molecule has 2 aromatic rings. The van der Waals surface area contributed by atoms with Gasteiger partial charge in [0.1, 0.15) is 11.5 Å². The molecule has 0 radical (unpaired) electrons. The lowest BCUT2D eigenvalue weighted by molar-refractivity contribution is 0.275. The third kappa shape index (κ3) is 2.76. The van der Waals surface area contributed by atoms with E-state index in [1.807, 2.05) is 32.9 Å². The molecule has 0 amide bonds. The Balaban J connectivity index is 2.47. The monoisotopic (exact) mass is 257 g/mol. The van der Waals surface area contributed by atoms with Gasteiger partial charge in [0, 0.05) is 23.5 Å². The Bertz CT molecular complexity index is 606. The van der Waals surface area contributed by atoms with E-state index in [-0.39, 0.29) is 6.61 Å². The fourth-order valence-corrected chi connectivity index (χ4v) is 1.97. The summed E-state index contributed by atoms with van der Waals surface area (Å²) in [5.74, 6) is 1.53. The van der Waals surface area contributed by atoms with E-state index in [1.165, 1.54) is 5.56 Å². The van der Waals surface area contributed by atoms with Crippen LogP contribution in [0.15, 0.2) is 24.4 Å². The SMILES string of the molecule is Cc1cc(Oc2c(C)ccc(C)c2C)c(CO)cn1. The van der Waals surface area contributed by atoms with Crippen molar-refractivity contribution in [2.75, 3.05) is 0 Å². The van der Waals surface area contributed by atoms with Gasteiger partial charge in [-0.1, -0.05) is 12.1 Å². The molecule has 3 nitrogen and oxygen atoms in total. The van der Waals surface area contributed by atoms with Gasteiger partial charge in [-0.2, -0.15) is 0 Å². The van der Waals surface area contributed by atoms with E-state index in [2.05, 4.69) is 18.0 Å². The van der Waals surface area contributed by atoms with Crippen molar-refractivity contribution in [3.05, 3.63) is 52.3 Å². The fourth-order valence-electron chi connectivity index (χ4n) is 1.97. The first-order valence-electron chi connectivity index (χ1n) is 6.34. The van der Waals surface area contributed by atoms with Gasteiger partial charge in [0.15, 0.2) is 0 Å². The lowest BCUT2D eigenvalue weighted by Crippen LogP contribution is -1.98. The number of rotatable bonds is 3. The molecule has 0 unspecified atom stereocenters. The van der Waals surface area contributed by atoms with Crippen molar-refractivity contribution in [2.24, 2.45) is 0 Å². The Morgan fingerprint density at radius 2 is 1.79 bits per heavy atom. The molecule has 1 aromatic heterocycles. The van der Waals surface area contributed by atoms with Gasteiger partial charge in [0.2, 0.25) is 0 Å². The number of pyridine rings is 1. The number of aromatic nitrogens is 1. The minimum atomic E-state index is -0.0769. The topological polar surface area (TPSA) is 42.4 Å². The maximum atomic E-state index is 9.36. The number of hydrogen-bond donors (Lipinski definition) is 1. The minimum Gasteiger partial charge on any atom is -0.456 e. The predicted octanol–water partition coefficient (Wildman–Crippen LogP) is 3.60. The van der Waals surface area contributed by atoms with Crippen molar-refractivity contribution < 1.29 is 9.84 Å². The van der Waals surface area contributed by atoms with E-state index in [9.17, 15) is 5.11 Å². The highest BCUT2D eigenvalue weighted by atomic mass is 16.5. The summed E-state index contributed by atoms with van der Waals surface area (Å²) in [6.45, 7) is 7.96. The van der Waals surface area contributed by atoms with Crippen LogP contribution in [0.5, 0.6) is 11.5 Å². The zero-order valence-corrected chi connectivity index (χ0v) is 11.8. The summed E-state index contributed by atoms with van der Waals surface area (Å²) in [4.78, 5) is 4.17. The molecule has 1 aromatic carbocycles. The molecular formula is C16H19NO2. The largest absolute Gasteiger partial charge is 0.456 e. The number of ether oxygens (including phenoxy) is 1. The van der Waals surface area contributed by atoms with Gasteiger partial charge in [-0.15, -0.1) is 0 Å². The minimum absolute atomic E-state index is 0.0769.